The summed E-state index contributed by atoms with van der Waals surface area (Å²) in [6.45, 7) is 0. The fourth-order valence-electron chi connectivity index (χ4n) is 7.47. The molecule has 33 heavy (non-hydrogen) atoms. The highest BCUT2D eigenvalue weighted by atomic mass is 19.4. The van der Waals surface area contributed by atoms with Crippen LogP contribution in [0.2, 0.25) is 0 Å². The van der Waals surface area contributed by atoms with E-state index in [1.807, 2.05) is 0 Å². The van der Waals surface area contributed by atoms with Gasteiger partial charge >= 0.3 is 12.1 Å². The van der Waals surface area contributed by atoms with Crippen molar-refractivity contribution in [2.75, 3.05) is 0 Å². The summed E-state index contributed by atoms with van der Waals surface area (Å²) in [5, 5.41) is 8.89. The number of aryl methyl sites for hydroxylation is 1. The van der Waals surface area contributed by atoms with Crippen molar-refractivity contribution in [3.8, 4) is 0 Å². The first-order chi connectivity index (χ1) is 15.7. The lowest BCUT2D eigenvalue weighted by molar-refractivity contribution is -0.211. The van der Waals surface area contributed by atoms with Gasteiger partial charge < -0.3 is 4.74 Å². The van der Waals surface area contributed by atoms with Crippen molar-refractivity contribution in [1.82, 2.24) is 14.8 Å². The monoisotopic (exact) mass is 463 g/mol. The molecule has 0 radical (unpaired) electrons. The number of hydrogen-bond donors (Lipinski definition) is 0. The van der Waals surface area contributed by atoms with Gasteiger partial charge in [0.15, 0.2) is 6.23 Å². The summed E-state index contributed by atoms with van der Waals surface area (Å²) in [5.74, 6) is -0.156. The third kappa shape index (κ3) is 3.46. The summed E-state index contributed by atoms with van der Waals surface area (Å²) in [6, 6.07) is 5.65. The molecule has 1 aromatic carbocycles. The Hall–Kier alpha value is -2.45. The lowest BCUT2D eigenvalue weighted by Gasteiger charge is -2.56. The van der Waals surface area contributed by atoms with Crippen LogP contribution < -0.4 is 0 Å². The van der Waals surface area contributed by atoms with Crippen LogP contribution in [0, 0.1) is 23.6 Å². The first-order valence-electron chi connectivity index (χ1n) is 11.7. The smallest absolute Gasteiger partial charge is 0.434 e. The average Bonchev–Trinajstić information content (AvgIpc) is 3.19. The lowest BCUT2D eigenvalue weighted by Crippen LogP contribution is -2.50. The lowest BCUT2D eigenvalue weighted by atomic mass is 9.49. The standard InChI is InChI=1S/C24H25F4N3O2/c25-17-3-1-16(2-4-17)18-5-6-19-29-30-21(31(19)20(18)33-22(32)24(26,27)28)23-10-13-7-14(11-23)9-15(8-13)12-23/h1-4,13-15,18,20H,5-12H2. The van der Waals surface area contributed by atoms with Crippen molar-refractivity contribution in [3.05, 3.63) is 47.3 Å². The maximum atomic E-state index is 13.5. The number of fused-ring (bicyclic) bond motifs is 1. The van der Waals surface area contributed by atoms with E-state index < -0.39 is 30.1 Å². The molecule has 4 aliphatic carbocycles. The molecule has 1 aliphatic heterocycles. The number of ether oxygens (including phenoxy) is 1. The molecule has 0 N–H and O–H groups in total. The van der Waals surface area contributed by atoms with E-state index in [0.717, 1.165) is 19.3 Å². The van der Waals surface area contributed by atoms with Crippen molar-refractivity contribution in [3.63, 3.8) is 0 Å². The Morgan fingerprint density at radius 3 is 2.18 bits per heavy atom. The van der Waals surface area contributed by atoms with E-state index in [4.69, 9.17) is 4.74 Å². The number of hydrogen-bond acceptors (Lipinski definition) is 4. The van der Waals surface area contributed by atoms with Gasteiger partial charge in [-0.2, -0.15) is 13.2 Å². The van der Waals surface area contributed by atoms with Crippen LogP contribution in [0.1, 0.15) is 74.3 Å². The summed E-state index contributed by atoms with van der Waals surface area (Å²) in [6.07, 6.45) is 1.11. The van der Waals surface area contributed by atoms with E-state index in [1.165, 1.54) is 31.4 Å². The zero-order valence-corrected chi connectivity index (χ0v) is 18.0. The van der Waals surface area contributed by atoms with E-state index in [-0.39, 0.29) is 5.41 Å². The van der Waals surface area contributed by atoms with E-state index >= 15 is 0 Å². The second-order valence-corrected chi connectivity index (χ2v) is 10.5. The number of carbonyl (C=O) groups excluding carboxylic acids is 1. The Balaban J connectivity index is 1.44. The summed E-state index contributed by atoms with van der Waals surface area (Å²) in [5.41, 5.74) is 0.403. The topological polar surface area (TPSA) is 57.0 Å². The first kappa shape index (κ1) is 21.1. The molecular formula is C24H25F4N3O2. The summed E-state index contributed by atoms with van der Waals surface area (Å²) < 4.78 is 60.1. The summed E-state index contributed by atoms with van der Waals surface area (Å²) in [4.78, 5) is 12.0. The molecule has 4 saturated carbocycles. The van der Waals surface area contributed by atoms with Gasteiger partial charge in [-0.05, 0) is 80.4 Å². The molecule has 1 aromatic heterocycles. The second-order valence-electron chi connectivity index (χ2n) is 10.5. The zero-order chi connectivity index (χ0) is 23.0. The summed E-state index contributed by atoms with van der Waals surface area (Å²) >= 11 is 0. The van der Waals surface area contributed by atoms with Gasteiger partial charge in [0, 0.05) is 17.8 Å². The molecule has 2 atom stereocenters. The summed E-state index contributed by atoms with van der Waals surface area (Å²) in [7, 11) is 0. The van der Waals surface area contributed by atoms with Crippen LogP contribution in [-0.4, -0.2) is 26.9 Å². The number of aromatic nitrogens is 3. The highest BCUT2D eigenvalue weighted by molar-refractivity contribution is 5.75. The van der Waals surface area contributed by atoms with Crippen LogP contribution >= 0.6 is 0 Å². The fraction of sp³-hybridized carbons (Fsp3) is 0.625. The largest absolute Gasteiger partial charge is 0.491 e. The predicted octanol–water partition coefficient (Wildman–Crippen LogP) is 5.22. The van der Waals surface area contributed by atoms with Gasteiger partial charge in [0.2, 0.25) is 0 Å². The third-order valence-electron chi connectivity index (χ3n) is 8.31. The number of rotatable bonds is 3. The molecule has 0 amide bonds. The predicted molar refractivity (Wildman–Crippen MR) is 109 cm³/mol. The Kier molecular flexibility index (Phi) is 4.65. The molecule has 2 heterocycles. The van der Waals surface area contributed by atoms with Crippen molar-refractivity contribution in [2.45, 2.75) is 75.1 Å². The maximum Gasteiger partial charge on any atom is 0.491 e. The van der Waals surface area contributed by atoms with Gasteiger partial charge in [0.05, 0.1) is 0 Å². The maximum absolute atomic E-state index is 13.5. The van der Waals surface area contributed by atoms with E-state index in [1.54, 1.807) is 16.7 Å². The molecule has 9 heteroatoms. The molecule has 4 fully saturated rings. The Morgan fingerprint density at radius 2 is 1.61 bits per heavy atom. The number of esters is 1. The van der Waals surface area contributed by atoms with E-state index in [0.29, 0.717) is 47.8 Å². The van der Waals surface area contributed by atoms with Crippen LogP contribution in [0.15, 0.2) is 24.3 Å². The normalized spacial score (nSPS) is 34.8. The van der Waals surface area contributed by atoms with E-state index in [9.17, 15) is 22.4 Å². The quantitative estimate of drug-likeness (QED) is 0.463. The molecule has 5 nitrogen and oxygen atoms in total. The van der Waals surface area contributed by atoms with Crippen LogP contribution in [-0.2, 0) is 21.4 Å². The van der Waals surface area contributed by atoms with Gasteiger partial charge in [0.25, 0.3) is 0 Å². The number of carbonyl (C=O) groups is 1. The van der Waals surface area contributed by atoms with Crippen molar-refractivity contribution in [1.29, 1.82) is 0 Å². The number of halogens is 4. The zero-order valence-electron chi connectivity index (χ0n) is 18.0. The minimum Gasteiger partial charge on any atom is -0.434 e. The van der Waals surface area contributed by atoms with Gasteiger partial charge in [-0.15, -0.1) is 10.2 Å². The molecule has 7 rings (SSSR count). The third-order valence-corrected chi connectivity index (χ3v) is 8.31. The number of alkyl halides is 3. The number of nitrogens with zero attached hydrogens (tertiary/aromatic N) is 3. The van der Waals surface area contributed by atoms with Crippen LogP contribution in [0.25, 0.3) is 0 Å². The van der Waals surface area contributed by atoms with E-state index in [2.05, 4.69) is 10.2 Å². The Bertz CT molecular complexity index is 1040. The van der Waals surface area contributed by atoms with Crippen LogP contribution in [0.3, 0.4) is 0 Å². The fourth-order valence-corrected chi connectivity index (χ4v) is 7.47. The van der Waals surface area contributed by atoms with Crippen LogP contribution in [0.4, 0.5) is 17.6 Å². The Morgan fingerprint density at radius 1 is 1.00 bits per heavy atom. The second kappa shape index (κ2) is 7.27. The molecule has 4 bridgehead atoms. The van der Waals surface area contributed by atoms with Crippen LogP contribution in [0.5, 0.6) is 0 Å². The van der Waals surface area contributed by atoms with Crippen molar-refractivity contribution in [2.24, 2.45) is 17.8 Å². The molecule has 2 aromatic rings. The van der Waals surface area contributed by atoms with Gasteiger partial charge in [-0.1, -0.05) is 12.1 Å². The van der Waals surface area contributed by atoms with Gasteiger partial charge in [-0.3, -0.25) is 4.57 Å². The van der Waals surface area contributed by atoms with Crippen molar-refractivity contribution < 1.29 is 27.1 Å². The van der Waals surface area contributed by atoms with Crippen molar-refractivity contribution >= 4 is 5.97 Å². The highest BCUT2D eigenvalue weighted by Crippen LogP contribution is 2.61. The minimum atomic E-state index is -5.11. The number of benzene rings is 1. The molecule has 0 saturated heterocycles. The Labute approximate surface area is 188 Å². The van der Waals surface area contributed by atoms with Gasteiger partial charge in [0.1, 0.15) is 17.5 Å². The molecular weight excluding hydrogens is 438 g/mol. The molecule has 5 aliphatic rings. The average molecular weight is 463 g/mol. The molecule has 176 valence electrons. The SMILES string of the molecule is O=C(OC1C(c2ccc(F)cc2)CCc2nnc(C34CC5CC(CC(C5)C3)C4)n21)C(F)(F)F. The van der Waals surface area contributed by atoms with Gasteiger partial charge in [-0.25, -0.2) is 9.18 Å². The first-order valence-corrected chi connectivity index (χ1v) is 11.7. The molecule has 2 unspecified atom stereocenters. The molecule has 0 spiro atoms. The minimum absolute atomic E-state index is 0.229. The highest BCUT2D eigenvalue weighted by Gasteiger charge is 2.55.